The zero-order valence-corrected chi connectivity index (χ0v) is 12.9. The van der Waals surface area contributed by atoms with E-state index in [-0.39, 0.29) is 0 Å². The van der Waals surface area contributed by atoms with Crippen LogP contribution in [0.1, 0.15) is 27.7 Å². The van der Waals surface area contributed by atoms with Crippen LogP contribution in [0.15, 0.2) is 48.8 Å². The lowest BCUT2D eigenvalue weighted by atomic mass is 9.95. The first-order valence-electron chi connectivity index (χ1n) is 7.14. The largest absolute Gasteiger partial charge is 0.465 e. The molecule has 0 amide bonds. The number of nitriles is 1. The summed E-state index contributed by atoms with van der Waals surface area (Å²) in [6, 6.07) is 13.5. The third-order valence-electron chi connectivity index (χ3n) is 3.91. The van der Waals surface area contributed by atoms with Crippen LogP contribution in [0.2, 0.25) is 0 Å². The molecule has 2 heterocycles. The minimum absolute atomic E-state index is 0.399. The van der Waals surface area contributed by atoms with Crippen molar-refractivity contribution in [2.45, 2.75) is 5.92 Å². The summed E-state index contributed by atoms with van der Waals surface area (Å²) < 4.78 is 6.72. The van der Waals surface area contributed by atoms with Gasteiger partial charge in [-0.15, -0.1) is 0 Å². The lowest BCUT2D eigenvalue weighted by Crippen LogP contribution is -2.09. The third kappa shape index (κ3) is 2.44. The molecule has 3 rings (SSSR count). The summed E-state index contributed by atoms with van der Waals surface area (Å²) in [4.78, 5) is 16.3. The molecular weight excluding hydrogens is 290 g/mol. The Hall–Kier alpha value is -3.13. The molecule has 0 N–H and O–H groups in total. The molecule has 5 heteroatoms. The van der Waals surface area contributed by atoms with Gasteiger partial charge in [-0.25, -0.2) is 4.79 Å². The Bertz CT molecular complexity index is 921. The molecule has 0 saturated carbocycles. The number of carbonyl (C=O) groups is 1. The van der Waals surface area contributed by atoms with Crippen LogP contribution in [0, 0.1) is 11.3 Å². The van der Waals surface area contributed by atoms with Crippen molar-refractivity contribution in [1.82, 2.24) is 9.55 Å². The zero-order chi connectivity index (χ0) is 16.4. The highest BCUT2D eigenvalue weighted by molar-refractivity contribution is 6.04. The number of hydrogen-bond donors (Lipinski definition) is 0. The number of ether oxygens (including phenoxy) is 1. The van der Waals surface area contributed by atoms with Crippen LogP contribution in [-0.2, 0) is 11.8 Å². The number of fused-ring (bicyclic) bond motifs is 1. The number of nitrogens with zero attached hydrogens (tertiary/aromatic N) is 3. The molecule has 0 fully saturated rings. The smallest absolute Gasteiger partial charge is 0.340 e. The van der Waals surface area contributed by atoms with Gasteiger partial charge in [-0.3, -0.25) is 4.98 Å². The summed E-state index contributed by atoms with van der Waals surface area (Å²) in [5, 5.41) is 11.2. The van der Waals surface area contributed by atoms with E-state index < -0.39 is 11.9 Å². The van der Waals surface area contributed by atoms with E-state index in [0.29, 0.717) is 11.3 Å². The maximum Gasteiger partial charge on any atom is 0.340 e. The number of carbonyl (C=O) groups excluding carboxylic acids is 1. The summed E-state index contributed by atoms with van der Waals surface area (Å²) in [6.07, 6.45) is 3.38. The number of aromatic nitrogens is 2. The molecule has 0 saturated heterocycles. The van der Waals surface area contributed by atoms with Crippen molar-refractivity contribution < 1.29 is 9.53 Å². The van der Waals surface area contributed by atoms with Gasteiger partial charge in [0.1, 0.15) is 5.92 Å². The van der Waals surface area contributed by atoms with Gasteiger partial charge >= 0.3 is 5.97 Å². The van der Waals surface area contributed by atoms with Gasteiger partial charge in [-0.05, 0) is 17.5 Å². The Morgan fingerprint density at radius 3 is 2.61 bits per heavy atom. The van der Waals surface area contributed by atoms with Gasteiger partial charge in [0.25, 0.3) is 0 Å². The molecule has 0 aliphatic heterocycles. The lowest BCUT2D eigenvalue weighted by molar-refractivity contribution is 0.0602. The quantitative estimate of drug-likeness (QED) is 0.698. The van der Waals surface area contributed by atoms with Gasteiger partial charge in [-0.2, -0.15) is 5.26 Å². The van der Waals surface area contributed by atoms with E-state index in [1.54, 1.807) is 0 Å². The van der Waals surface area contributed by atoms with E-state index in [1.165, 1.54) is 13.3 Å². The van der Waals surface area contributed by atoms with Crippen molar-refractivity contribution in [2.24, 2.45) is 7.05 Å². The Balaban J connectivity index is 2.25. The van der Waals surface area contributed by atoms with Gasteiger partial charge < -0.3 is 9.30 Å². The van der Waals surface area contributed by atoms with Gasteiger partial charge in [0.15, 0.2) is 0 Å². The monoisotopic (exact) mass is 305 g/mol. The second-order valence-corrected chi connectivity index (χ2v) is 5.20. The number of esters is 1. The summed E-state index contributed by atoms with van der Waals surface area (Å²) in [7, 11) is 3.23. The van der Waals surface area contributed by atoms with Crippen molar-refractivity contribution in [3.05, 3.63) is 65.7 Å². The standard InChI is InChI=1S/C18H15N3O2/c1-21-9-5-8-16(21)14(10-19)17-13-7-4-3-6-12(13)15(11-20-17)18(22)23-2/h3-9,11,14H,1-2H3/t14-/m1/s1. The van der Waals surface area contributed by atoms with E-state index in [4.69, 9.17) is 4.74 Å². The molecule has 23 heavy (non-hydrogen) atoms. The van der Waals surface area contributed by atoms with Crippen molar-refractivity contribution in [3.8, 4) is 6.07 Å². The summed E-state index contributed by atoms with van der Waals surface area (Å²) in [5.74, 6) is -0.945. The fourth-order valence-corrected chi connectivity index (χ4v) is 2.76. The van der Waals surface area contributed by atoms with Crippen molar-refractivity contribution in [3.63, 3.8) is 0 Å². The van der Waals surface area contributed by atoms with Crippen LogP contribution in [0.3, 0.4) is 0 Å². The number of rotatable bonds is 3. The topological polar surface area (TPSA) is 67.9 Å². The highest BCUT2D eigenvalue weighted by Gasteiger charge is 2.22. The minimum atomic E-state index is -0.508. The SMILES string of the molecule is COC(=O)c1cnc([C@H](C#N)c2cccn2C)c2ccccc12. The van der Waals surface area contributed by atoms with Crippen LogP contribution >= 0.6 is 0 Å². The van der Waals surface area contributed by atoms with Crippen LogP contribution in [0.4, 0.5) is 0 Å². The predicted molar refractivity (Wildman–Crippen MR) is 86.0 cm³/mol. The number of methoxy groups -OCH3 is 1. The second-order valence-electron chi connectivity index (χ2n) is 5.20. The Morgan fingerprint density at radius 1 is 1.26 bits per heavy atom. The maximum atomic E-state index is 11.9. The van der Waals surface area contributed by atoms with Crippen LogP contribution < -0.4 is 0 Å². The Kier molecular flexibility index (Phi) is 3.82. The highest BCUT2D eigenvalue weighted by atomic mass is 16.5. The summed E-state index contributed by atoms with van der Waals surface area (Å²) >= 11 is 0. The van der Waals surface area contributed by atoms with E-state index in [9.17, 15) is 10.1 Å². The molecule has 0 bridgehead atoms. The third-order valence-corrected chi connectivity index (χ3v) is 3.91. The van der Waals surface area contributed by atoms with E-state index >= 15 is 0 Å². The number of benzene rings is 1. The number of hydrogen-bond acceptors (Lipinski definition) is 4. The fraction of sp³-hybridized carbons (Fsp3) is 0.167. The summed E-state index contributed by atoms with van der Waals surface area (Å²) in [5.41, 5.74) is 1.89. The molecule has 5 nitrogen and oxygen atoms in total. The van der Waals surface area contributed by atoms with Crippen molar-refractivity contribution in [2.75, 3.05) is 7.11 Å². The van der Waals surface area contributed by atoms with Crippen molar-refractivity contribution >= 4 is 16.7 Å². The van der Waals surface area contributed by atoms with Gasteiger partial charge in [-0.1, -0.05) is 24.3 Å². The predicted octanol–water partition coefficient (Wildman–Crippen LogP) is 3.02. The van der Waals surface area contributed by atoms with Gasteiger partial charge in [0, 0.05) is 30.5 Å². The summed E-state index contributed by atoms with van der Waals surface area (Å²) in [6.45, 7) is 0. The maximum absolute atomic E-state index is 11.9. The molecule has 114 valence electrons. The molecule has 3 aromatic rings. The molecule has 0 radical (unpaired) electrons. The average Bonchev–Trinajstić information content (AvgIpc) is 3.01. The Labute approximate surface area is 133 Å². The van der Waals surface area contributed by atoms with E-state index in [0.717, 1.165) is 16.5 Å². The lowest BCUT2D eigenvalue weighted by Gasteiger charge is -2.14. The normalized spacial score (nSPS) is 11.9. The molecule has 0 aliphatic rings. The highest BCUT2D eigenvalue weighted by Crippen LogP contribution is 2.30. The number of aryl methyl sites for hydroxylation is 1. The molecule has 0 unspecified atom stereocenters. The molecule has 0 spiro atoms. The van der Waals surface area contributed by atoms with E-state index in [2.05, 4.69) is 11.1 Å². The first-order chi connectivity index (χ1) is 11.2. The van der Waals surface area contributed by atoms with Gasteiger partial charge in [0.05, 0.1) is 24.4 Å². The number of pyridine rings is 1. The van der Waals surface area contributed by atoms with Crippen LogP contribution in [0.5, 0.6) is 0 Å². The van der Waals surface area contributed by atoms with Crippen molar-refractivity contribution in [1.29, 1.82) is 5.26 Å². The first-order valence-corrected chi connectivity index (χ1v) is 7.14. The van der Waals surface area contributed by atoms with Crippen LogP contribution in [0.25, 0.3) is 10.8 Å². The van der Waals surface area contributed by atoms with Gasteiger partial charge in [0.2, 0.25) is 0 Å². The van der Waals surface area contributed by atoms with Crippen LogP contribution in [-0.4, -0.2) is 22.6 Å². The Morgan fingerprint density at radius 2 is 2.00 bits per heavy atom. The minimum Gasteiger partial charge on any atom is -0.465 e. The second kappa shape index (κ2) is 5.93. The molecule has 2 aromatic heterocycles. The van der Waals surface area contributed by atoms with E-state index in [1.807, 2.05) is 54.2 Å². The zero-order valence-electron chi connectivity index (χ0n) is 12.9. The molecule has 0 aliphatic carbocycles. The molecule has 1 atom stereocenters. The molecular formula is C18H15N3O2. The average molecular weight is 305 g/mol. The first kappa shape index (κ1) is 14.8. The molecule has 1 aromatic carbocycles. The fourth-order valence-electron chi connectivity index (χ4n) is 2.76.